The SMILES string of the molecule is C[C@H](N=[N+]=[N-])[C@@H](C(=O)O)C12CC3CC(CC(C3)C1)C2. The lowest BCUT2D eigenvalue weighted by atomic mass is 9.46. The minimum Gasteiger partial charge on any atom is -0.481 e. The summed E-state index contributed by atoms with van der Waals surface area (Å²) >= 11 is 0. The van der Waals surface area contributed by atoms with Gasteiger partial charge in [-0.2, -0.15) is 0 Å². The maximum absolute atomic E-state index is 11.7. The highest BCUT2D eigenvalue weighted by atomic mass is 16.4. The van der Waals surface area contributed by atoms with E-state index in [4.69, 9.17) is 5.53 Å². The van der Waals surface area contributed by atoms with Gasteiger partial charge in [-0.15, -0.1) is 0 Å². The van der Waals surface area contributed by atoms with Gasteiger partial charge < -0.3 is 5.11 Å². The van der Waals surface area contributed by atoms with Crippen molar-refractivity contribution < 1.29 is 9.90 Å². The van der Waals surface area contributed by atoms with Gasteiger partial charge in [-0.05, 0) is 67.2 Å². The first-order valence-corrected chi connectivity index (χ1v) is 7.31. The second kappa shape index (κ2) is 4.41. The number of hydrogen-bond donors (Lipinski definition) is 1. The molecule has 5 nitrogen and oxygen atoms in total. The van der Waals surface area contributed by atoms with Crippen LogP contribution in [-0.4, -0.2) is 17.1 Å². The third kappa shape index (κ3) is 2.00. The molecule has 0 amide bonds. The average Bonchev–Trinajstić information content (AvgIpc) is 2.25. The van der Waals surface area contributed by atoms with Gasteiger partial charge in [0.25, 0.3) is 0 Å². The van der Waals surface area contributed by atoms with Crippen molar-refractivity contribution in [1.82, 2.24) is 0 Å². The number of carboxylic acids is 1. The summed E-state index contributed by atoms with van der Waals surface area (Å²) in [6, 6.07) is -0.446. The van der Waals surface area contributed by atoms with Crippen molar-refractivity contribution in [3.05, 3.63) is 10.4 Å². The zero-order chi connectivity index (χ0) is 13.6. The molecule has 19 heavy (non-hydrogen) atoms. The van der Waals surface area contributed by atoms with Gasteiger partial charge in [0.1, 0.15) is 0 Å². The summed E-state index contributed by atoms with van der Waals surface area (Å²) in [5, 5.41) is 13.4. The molecule has 0 heterocycles. The van der Waals surface area contributed by atoms with Gasteiger partial charge in [0.05, 0.1) is 5.92 Å². The van der Waals surface area contributed by atoms with E-state index in [1.165, 1.54) is 19.3 Å². The summed E-state index contributed by atoms with van der Waals surface area (Å²) in [7, 11) is 0. The fraction of sp³-hybridized carbons (Fsp3) is 0.929. The van der Waals surface area contributed by atoms with Crippen LogP contribution in [0.4, 0.5) is 0 Å². The molecule has 0 spiro atoms. The molecule has 4 bridgehead atoms. The number of aliphatic carboxylic acids is 1. The predicted molar refractivity (Wildman–Crippen MR) is 70.3 cm³/mol. The van der Waals surface area contributed by atoms with Gasteiger partial charge in [0, 0.05) is 11.0 Å². The number of rotatable bonds is 4. The van der Waals surface area contributed by atoms with Crippen molar-refractivity contribution in [3.63, 3.8) is 0 Å². The van der Waals surface area contributed by atoms with Crippen molar-refractivity contribution in [2.24, 2.45) is 34.2 Å². The Morgan fingerprint density at radius 1 is 1.26 bits per heavy atom. The van der Waals surface area contributed by atoms with Crippen LogP contribution >= 0.6 is 0 Å². The molecular formula is C14H21N3O2. The highest BCUT2D eigenvalue weighted by Crippen LogP contribution is 2.63. The molecule has 4 aliphatic rings. The van der Waals surface area contributed by atoms with Crippen LogP contribution < -0.4 is 0 Å². The van der Waals surface area contributed by atoms with Crippen LogP contribution in [-0.2, 0) is 4.79 Å². The zero-order valence-electron chi connectivity index (χ0n) is 11.3. The van der Waals surface area contributed by atoms with Crippen molar-refractivity contribution in [1.29, 1.82) is 0 Å². The third-order valence-corrected chi connectivity index (χ3v) is 5.73. The lowest BCUT2D eigenvalue weighted by Gasteiger charge is -2.59. The summed E-state index contributed by atoms with van der Waals surface area (Å²) in [4.78, 5) is 14.6. The second-order valence-corrected chi connectivity index (χ2v) is 7.04. The van der Waals surface area contributed by atoms with Crippen molar-refractivity contribution in [3.8, 4) is 0 Å². The molecular weight excluding hydrogens is 242 g/mol. The van der Waals surface area contributed by atoms with Gasteiger partial charge >= 0.3 is 5.97 Å². The minimum atomic E-state index is -0.776. The minimum absolute atomic E-state index is 0.103. The maximum Gasteiger partial charge on any atom is 0.307 e. The molecule has 4 fully saturated rings. The first kappa shape index (κ1) is 12.8. The second-order valence-electron chi connectivity index (χ2n) is 7.04. The van der Waals surface area contributed by atoms with E-state index in [0.717, 1.165) is 19.3 Å². The number of hydrogen-bond acceptors (Lipinski definition) is 2. The summed E-state index contributed by atoms with van der Waals surface area (Å²) < 4.78 is 0. The molecule has 4 saturated carbocycles. The highest BCUT2D eigenvalue weighted by Gasteiger charge is 2.57. The molecule has 5 heteroatoms. The van der Waals surface area contributed by atoms with Crippen LogP contribution in [0.25, 0.3) is 10.4 Å². The van der Waals surface area contributed by atoms with E-state index >= 15 is 0 Å². The fourth-order valence-corrected chi connectivity index (χ4v) is 5.69. The Bertz CT molecular complexity index is 407. The molecule has 0 unspecified atom stereocenters. The summed E-state index contributed by atoms with van der Waals surface area (Å²) in [5.74, 6) is 0.864. The van der Waals surface area contributed by atoms with Crippen molar-refractivity contribution in [2.45, 2.75) is 51.5 Å². The van der Waals surface area contributed by atoms with Gasteiger partial charge in [-0.1, -0.05) is 12.0 Å². The fourth-order valence-electron chi connectivity index (χ4n) is 5.69. The van der Waals surface area contributed by atoms with Gasteiger partial charge in [0.15, 0.2) is 0 Å². The molecule has 0 aromatic carbocycles. The molecule has 4 rings (SSSR count). The van der Waals surface area contributed by atoms with Gasteiger partial charge in [-0.25, -0.2) is 0 Å². The van der Waals surface area contributed by atoms with E-state index in [1.807, 2.05) is 0 Å². The molecule has 0 saturated heterocycles. The van der Waals surface area contributed by atoms with E-state index in [9.17, 15) is 9.90 Å². The lowest BCUT2D eigenvalue weighted by molar-refractivity contribution is -0.159. The molecule has 2 atom stereocenters. The van der Waals surface area contributed by atoms with E-state index < -0.39 is 17.9 Å². The summed E-state index contributed by atoms with van der Waals surface area (Å²) in [6.07, 6.45) is 6.97. The quantitative estimate of drug-likeness (QED) is 0.477. The van der Waals surface area contributed by atoms with Crippen molar-refractivity contribution >= 4 is 5.97 Å². The van der Waals surface area contributed by atoms with Gasteiger partial charge in [0.2, 0.25) is 0 Å². The zero-order valence-corrected chi connectivity index (χ0v) is 11.3. The lowest BCUT2D eigenvalue weighted by Crippen LogP contribution is -2.53. The largest absolute Gasteiger partial charge is 0.481 e. The van der Waals surface area contributed by atoms with Crippen LogP contribution in [0.5, 0.6) is 0 Å². The molecule has 0 aliphatic heterocycles. The summed E-state index contributed by atoms with van der Waals surface area (Å²) in [6.45, 7) is 1.76. The molecule has 4 aliphatic carbocycles. The van der Waals surface area contributed by atoms with E-state index in [0.29, 0.717) is 17.8 Å². The smallest absolute Gasteiger partial charge is 0.307 e. The highest BCUT2D eigenvalue weighted by molar-refractivity contribution is 5.72. The average molecular weight is 263 g/mol. The Hall–Kier alpha value is -1.22. The molecule has 0 radical (unpaired) electrons. The molecule has 0 aromatic rings. The third-order valence-electron chi connectivity index (χ3n) is 5.73. The van der Waals surface area contributed by atoms with E-state index in [2.05, 4.69) is 10.0 Å². The van der Waals surface area contributed by atoms with Gasteiger partial charge in [-0.3, -0.25) is 4.79 Å². The standard InChI is InChI=1S/C14H21N3O2/c1-8(16-17-15)12(13(18)19)14-5-9-2-10(6-14)4-11(3-9)7-14/h8-12H,2-7H2,1H3,(H,18,19)/t8-,9?,10?,11?,12-,14?/m0/s1. The predicted octanol–water partition coefficient (Wildman–Crippen LogP) is 3.60. The normalized spacial score (nSPS) is 42.5. The monoisotopic (exact) mass is 263 g/mol. The van der Waals surface area contributed by atoms with Crippen LogP contribution in [0.2, 0.25) is 0 Å². The van der Waals surface area contributed by atoms with Crippen LogP contribution in [0.1, 0.15) is 45.4 Å². The number of carbonyl (C=O) groups is 1. The number of nitrogens with zero attached hydrogens (tertiary/aromatic N) is 3. The first-order chi connectivity index (χ1) is 9.04. The first-order valence-electron chi connectivity index (χ1n) is 7.31. The Kier molecular flexibility index (Phi) is 2.97. The summed E-state index contributed by atoms with van der Waals surface area (Å²) in [5.41, 5.74) is 8.51. The van der Waals surface area contributed by atoms with Crippen LogP contribution in [0, 0.1) is 29.1 Å². The molecule has 0 aromatic heterocycles. The van der Waals surface area contributed by atoms with Crippen LogP contribution in [0.15, 0.2) is 5.11 Å². The Morgan fingerprint density at radius 2 is 1.74 bits per heavy atom. The van der Waals surface area contributed by atoms with Crippen molar-refractivity contribution in [2.75, 3.05) is 0 Å². The number of azide groups is 1. The Labute approximate surface area is 113 Å². The topological polar surface area (TPSA) is 86.1 Å². The Balaban J connectivity index is 1.93. The van der Waals surface area contributed by atoms with E-state index in [1.54, 1.807) is 6.92 Å². The van der Waals surface area contributed by atoms with E-state index in [-0.39, 0.29) is 5.41 Å². The molecule has 104 valence electrons. The maximum atomic E-state index is 11.7. The Morgan fingerprint density at radius 3 is 2.11 bits per heavy atom. The van der Waals surface area contributed by atoms with Crippen LogP contribution in [0.3, 0.4) is 0 Å². The number of carboxylic acid groups (broad SMARTS) is 1. The molecule has 1 N–H and O–H groups in total.